The Hall–Kier alpha value is -2.20. The highest BCUT2D eigenvalue weighted by atomic mass is 32.2. The van der Waals surface area contributed by atoms with Gasteiger partial charge in [0, 0.05) is 6.04 Å². The van der Waals surface area contributed by atoms with E-state index in [-0.39, 0.29) is 17.4 Å². The van der Waals surface area contributed by atoms with Gasteiger partial charge in [-0.25, -0.2) is 22.3 Å². The first kappa shape index (κ1) is 23.5. The molecule has 3 amide bonds. The zero-order valence-electron chi connectivity index (χ0n) is 17.9. The van der Waals surface area contributed by atoms with Gasteiger partial charge in [0.25, 0.3) is 5.91 Å². The fourth-order valence-corrected chi connectivity index (χ4v) is 4.87. The largest absolute Gasteiger partial charge is 0.490 e. The van der Waals surface area contributed by atoms with Gasteiger partial charge in [0.2, 0.25) is 10.0 Å². The number of halogens is 1. The van der Waals surface area contributed by atoms with Gasteiger partial charge >= 0.3 is 6.03 Å². The van der Waals surface area contributed by atoms with E-state index in [0.717, 1.165) is 12.8 Å². The molecule has 2 atom stereocenters. The molecule has 1 saturated carbocycles. The predicted molar refractivity (Wildman–Crippen MR) is 114 cm³/mol. The van der Waals surface area contributed by atoms with Crippen LogP contribution in [0.5, 0.6) is 5.75 Å². The van der Waals surface area contributed by atoms with Gasteiger partial charge in [-0.2, -0.15) is 0 Å². The highest BCUT2D eigenvalue weighted by Crippen LogP contribution is 2.31. The van der Waals surface area contributed by atoms with Crippen molar-refractivity contribution in [3.05, 3.63) is 29.6 Å². The number of sulfonamides is 1. The number of ether oxygens (including phenoxy) is 1. The predicted octanol–water partition coefficient (Wildman–Crippen LogP) is 2.75. The van der Waals surface area contributed by atoms with E-state index in [2.05, 4.69) is 15.4 Å². The molecule has 1 aromatic carbocycles. The SMILES string of the molecule is CC(NS(=O)(=O)CCCCCC1(C)NC(=O)NC1=O)c1ccc(F)c(OCC2CC2)c1. The van der Waals surface area contributed by atoms with Crippen molar-refractivity contribution in [1.29, 1.82) is 0 Å². The van der Waals surface area contributed by atoms with Gasteiger partial charge in [-0.15, -0.1) is 0 Å². The first-order chi connectivity index (χ1) is 14.6. The molecule has 1 aliphatic heterocycles. The molecule has 3 N–H and O–H groups in total. The number of benzene rings is 1. The number of imide groups is 1. The van der Waals surface area contributed by atoms with Crippen LogP contribution in [0.15, 0.2) is 18.2 Å². The van der Waals surface area contributed by atoms with Gasteiger partial charge in [-0.05, 0) is 63.1 Å². The van der Waals surface area contributed by atoms with Gasteiger partial charge in [-0.3, -0.25) is 10.1 Å². The first-order valence-corrected chi connectivity index (χ1v) is 12.3. The lowest BCUT2D eigenvalue weighted by Crippen LogP contribution is -2.43. The monoisotopic (exact) mass is 455 g/mol. The molecule has 0 spiro atoms. The highest BCUT2D eigenvalue weighted by Gasteiger charge is 2.41. The number of urea groups is 1. The third-order valence-corrected chi connectivity index (χ3v) is 7.23. The van der Waals surface area contributed by atoms with Crippen LogP contribution in [0.25, 0.3) is 0 Å². The molecule has 2 unspecified atom stereocenters. The molecule has 0 bridgehead atoms. The van der Waals surface area contributed by atoms with Crippen LogP contribution in [-0.4, -0.2) is 38.3 Å². The Morgan fingerprint density at radius 3 is 2.65 bits per heavy atom. The zero-order chi connectivity index (χ0) is 22.6. The topological polar surface area (TPSA) is 114 Å². The van der Waals surface area contributed by atoms with Crippen LogP contribution >= 0.6 is 0 Å². The van der Waals surface area contributed by atoms with E-state index in [1.807, 2.05) is 0 Å². The molecule has 0 aromatic heterocycles. The summed E-state index contributed by atoms with van der Waals surface area (Å²) in [7, 11) is -3.54. The average molecular weight is 456 g/mol. The number of rotatable bonds is 12. The molecule has 3 rings (SSSR count). The first-order valence-electron chi connectivity index (χ1n) is 10.6. The van der Waals surface area contributed by atoms with Crippen LogP contribution in [0.3, 0.4) is 0 Å². The zero-order valence-corrected chi connectivity index (χ0v) is 18.7. The number of hydrogen-bond donors (Lipinski definition) is 3. The van der Waals surface area contributed by atoms with Gasteiger partial charge < -0.3 is 10.1 Å². The second-order valence-electron chi connectivity index (χ2n) is 8.65. The van der Waals surface area contributed by atoms with Crippen molar-refractivity contribution in [3.63, 3.8) is 0 Å². The maximum absolute atomic E-state index is 14.0. The van der Waals surface area contributed by atoms with Crippen LogP contribution in [0.2, 0.25) is 0 Å². The third kappa shape index (κ3) is 6.64. The quantitative estimate of drug-likeness (QED) is 0.331. The van der Waals surface area contributed by atoms with Crippen molar-refractivity contribution in [2.45, 2.75) is 64.0 Å². The Kier molecular flexibility index (Phi) is 7.20. The fraction of sp³-hybridized carbons (Fsp3) is 0.619. The highest BCUT2D eigenvalue weighted by molar-refractivity contribution is 7.89. The summed E-state index contributed by atoms with van der Waals surface area (Å²) in [4.78, 5) is 23.0. The summed E-state index contributed by atoms with van der Waals surface area (Å²) in [5, 5.41) is 4.80. The second-order valence-corrected chi connectivity index (χ2v) is 10.5. The van der Waals surface area contributed by atoms with E-state index in [4.69, 9.17) is 4.74 Å². The standard InChI is InChI=1S/C21H30FN3O5S/c1-14(16-8-9-17(22)18(12-16)30-13-15-6-7-15)25-31(28,29)11-5-3-4-10-21(2)19(26)23-20(27)24-21/h8-9,12,14-15,25H,3-7,10-11,13H2,1-2H3,(H2,23,24,26,27). The number of carbonyl (C=O) groups excluding carboxylic acids is 2. The molecule has 8 nitrogen and oxygen atoms in total. The van der Waals surface area contributed by atoms with E-state index in [1.165, 1.54) is 6.07 Å². The van der Waals surface area contributed by atoms with Crippen LogP contribution in [0.4, 0.5) is 9.18 Å². The van der Waals surface area contributed by atoms with Crippen molar-refractivity contribution >= 4 is 22.0 Å². The molecular formula is C21H30FN3O5S. The van der Waals surface area contributed by atoms with Crippen molar-refractivity contribution in [1.82, 2.24) is 15.4 Å². The summed E-state index contributed by atoms with van der Waals surface area (Å²) >= 11 is 0. The molecule has 2 fully saturated rings. The molecule has 1 aromatic rings. The Labute approximate surface area is 182 Å². The van der Waals surface area contributed by atoms with Crippen molar-refractivity contribution in [3.8, 4) is 5.75 Å². The molecular weight excluding hydrogens is 425 g/mol. The summed E-state index contributed by atoms with van der Waals surface area (Å²) in [5.41, 5.74) is -0.309. The number of hydrogen-bond acceptors (Lipinski definition) is 5. The summed E-state index contributed by atoms with van der Waals surface area (Å²) in [6.45, 7) is 3.83. The summed E-state index contributed by atoms with van der Waals surface area (Å²) in [5.74, 6) is -0.243. The van der Waals surface area contributed by atoms with Gasteiger partial charge in [0.1, 0.15) is 5.54 Å². The van der Waals surface area contributed by atoms with Gasteiger partial charge in [0.15, 0.2) is 11.6 Å². The van der Waals surface area contributed by atoms with Crippen LogP contribution in [0.1, 0.15) is 64.0 Å². The Morgan fingerprint density at radius 1 is 1.26 bits per heavy atom. The lowest BCUT2D eigenvalue weighted by molar-refractivity contribution is -0.123. The van der Waals surface area contributed by atoms with Crippen LogP contribution < -0.4 is 20.1 Å². The maximum atomic E-state index is 14.0. The molecule has 10 heteroatoms. The van der Waals surface area contributed by atoms with E-state index in [0.29, 0.717) is 43.8 Å². The fourth-order valence-electron chi connectivity index (χ4n) is 3.49. The molecule has 1 saturated heterocycles. The van der Waals surface area contributed by atoms with Gasteiger partial charge in [-0.1, -0.05) is 18.9 Å². The summed E-state index contributed by atoms with van der Waals surface area (Å²) in [6.07, 6.45) is 4.26. The second kappa shape index (κ2) is 9.52. The van der Waals surface area contributed by atoms with Crippen LogP contribution in [0, 0.1) is 11.7 Å². The van der Waals surface area contributed by atoms with Crippen molar-refractivity contribution in [2.24, 2.45) is 5.92 Å². The van der Waals surface area contributed by atoms with Crippen molar-refractivity contribution in [2.75, 3.05) is 12.4 Å². The van der Waals surface area contributed by atoms with Gasteiger partial charge in [0.05, 0.1) is 12.4 Å². The maximum Gasteiger partial charge on any atom is 0.322 e. The van der Waals surface area contributed by atoms with E-state index in [9.17, 15) is 22.4 Å². The summed E-state index contributed by atoms with van der Waals surface area (Å²) < 4.78 is 47.0. The number of carbonyl (C=O) groups is 2. The molecule has 2 aliphatic rings. The normalized spacial score (nSPS) is 22.2. The lowest BCUT2D eigenvalue weighted by atomic mass is 9.95. The lowest BCUT2D eigenvalue weighted by Gasteiger charge is -2.20. The minimum Gasteiger partial charge on any atom is -0.490 e. The molecule has 31 heavy (non-hydrogen) atoms. The van der Waals surface area contributed by atoms with E-state index >= 15 is 0 Å². The Morgan fingerprint density at radius 2 is 2.00 bits per heavy atom. The molecule has 0 radical (unpaired) electrons. The van der Waals surface area contributed by atoms with E-state index in [1.54, 1.807) is 26.0 Å². The Balaban J connectivity index is 1.44. The number of amides is 3. The minimum atomic E-state index is -3.54. The smallest absolute Gasteiger partial charge is 0.322 e. The molecule has 172 valence electrons. The Bertz CT molecular complexity index is 935. The van der Waals surface area contributed by atoms with Crippen molar-refractivity contribution < 1.29 is 27.1 Å². The van der Waals surface area contributed by atoms with E-state index < -0.39 is 33.5 Å². The summed E-state index contributed by atoms with van der Waals surface area (Å²) in [6, 6.07) is 3.36. The minimum absolute atomic E-state index is 0.0567. The van der Waals surface area contributed by atoms with Crippen LogP contribution in [-0.2, 0) is 14.8 Å². The molecule has 1 aliphatic carbocycles. The number of nitrogens with one attached hydrogen (secondary N) is 3. The third-order valence-electron chi connectivity index (χ3n) is 5.69. The molecule has 1 heterocycles. The number of unbranched alkanes of at least 4 members (excludes halogenated alkanes) is 2. The average Bonchev–Trinajstić information content (AvgIpc) is 3.46.